The summed E-state index contributed by atoms with van der Waals surface area (Å²) < 4.78 is 10.3. The Kier molecular flexibility index (Phi) is 3.52. The van der Waals surface area contributed by atoms with Crippen molar-refractivity contribution >= 4 is 11.6 Å². The summed E-state index contributed by atoms with van der Waals surface area (Å²) in [6.07, 6.45) is 0.540. The lowest BCUT2D eigenvalue weighted by Gasteiger charge is -2.40. The number of carbonyl (C=O) groups excluding carboxylic acids is 1. The van der Waals surface area contributed by atoms with E-state index in [9.17, 15) is 4.79 Å². The van der Waals surface area contributed by atoms with E-state index in [1.807, 2.05) is 53.4 Å². The number of methoxy groups -OCH3 is 2. The first-order chi connectivity index (χ1) is 10.2. The maximum atomic E-state index is 12.0. The van der Waals surface area contributed by atoms with Gasteiger partial charge < -0.3 is 14.4 Å². The highest BCUT2D eigenvalue weighted by Crippen LogP contribution is 2.39. The second-order valence-electron chi connectivity index (χ2n) is 4.95. The second-order valence-corrected chi connectivity index (χ2v) is 4.95. The van der Waals surface area contributed by atoms with Crippen LogP contribution in [0.15, 0.2) is 48.5 Å². The molecule has 3 rings (SSSR count). The predicted octanol–water partition coefficient (Wildman–Crippen LogP) is 3.18. The molecule has 2 aromatic carbocycles. The van der Waals surface area contributed by atoms with Gasteiger partial charge in [0.15, 0.2) is 0 Å². The Morgan fingerprint density at radius 3 is 1.90 bits per heavy atom. The monoisotopic (exact) mass is 283 g/mol. The minimum atomic E-state index is 0.0943. The molecule has 0 radical (unpaired) electrons. The maximum absolute atomic E-state index is 12.0. The summed E-state index contributed by atoms with van der Waals surface area (Å²) in [6.45, 7) is 0. The number of rotatable bonds is 4. The molecule has 4 nitrogen and oxygen atoms in total. The van der Waals surface area contributed by atoms with Crippen molar-refractivity contribution in [3.8, 4) is 11.5 Å². The van der Waals surface area contributed by atoms with Gasteiger partial charge in [-0.2, -0.15) is 0 Å². The van der Waals surface area contributed by atoms with Gasteiger partial charge in [0.2, 0.25) is 5.91 Å². The average molecular weight is 283 g/mol. The van der Waals surface area contributed by atoms with Gasteiger partial charge in [0.1, 0.15) is 11.5 Å². The van der Waals surface area contributed by atoms with Gasteiger partial charge in [0, 0.05) is 5.69 Å². The Labute approximate surface area is 123 Å². The Hall–Kier alpha value is -2.49. The van der Waals surface area contributed by atoms with Gasteiger partial charge in [-0.3, -0.25) is 4.79 Å². The molecular formula is C17H17NO3. The summed E-state index contributed by atoms with van der Waals surface area (Å²) in [7, 11) is 3.27. The number of hydrogen-bond acceptors (Lipinski definition) is 3. The van der Waals surface area contributed by atoms with Crippen molar-refractivity contribution in [2.75, 3.05) is 19.1 Å². The zero-order valence-electron chi connectivity index (χ0n) is 12.1. The quantitative estimate of drug-likeness (QED) is 0.809. The van der Waals surface area contributed by atoms with Gasteiger partial charge in [0.25, 0.3) is 0 Å². The van der Waals surface area contributed by atoms with Crippen LogP contribution in [0.4, 0.5) is 5.69 Å². The summed E-state index contributed by atoms with van der Waals surface area (Å²) in [4.78, 5) is 13.8. The highest BCUT2D eigenvalue weighted by Gasteiger charge is 2.38. The van der Waals surface area contributed by atoms with Crippen molar-refractivity contribution in [3.05, 3.63) is 54.1 Å². The van der Waals surface area contributed by atoms with E-state index < -0.39 is 0 Å². The maximum Gasteiger partial charge on any atom is 0.230 e. The summed E-state index contributed by atoms with van der Waals surface area (Å²) in [5.74, 6) is 1.74. The number of anilines is 1. The number of benzene rings is 2. The molecule has 0 aromatic heterocycles. The average Bonchev–Trinajstić information content (AvgIpc) is 2.53. The second kappa shape index (κ2) is 5.48. The van der Waals surface area contributed by atoms with E-state index in [0.717, 1.165) is 22.7 Å². The molecule has 0 spiro atoms. The van der Waals surface area contributed by atoms with E-state index >= 15 is 0 Å². The molecule has 1 saturated heterocycles. The highest BCUT2D eigenvalue weighted by molar-refractivity contribution is 6.01. The van der Waals surface area contributed by atoms with Crippen molar-refractivity contribution in [2.24, 2.45) is 0 Å². The Balaban J connectivity index is 1.84. The van der Waals surface area contributed by atoms with Crippen molar-refractivity contribution < 1.29 is 14.3 Å². The van der Waals surface area contributed by atoms with E-state index in [1.54, 1.807) is 14.2 Å². The first-order valence-electron chi connectivity index (χ1n) is 6.83. The van der Waals surface area contributed by atoms with Gasteiger partial charge >= 0.3 is 0 Å². The third-order valence-electron chi connectivity index (χ3n) is 3.80. The molecule has 1 aliphatic rings. The van der Waals surface area contributed by atoms with Gasteiger partial charge in [-0.25, -0.2) is 0 Å². The van der Waals surface area contributed by atoms with E-state index in [1.165, 1.54) is 0 Å². The number of hydrogen-bond donors (Lipinski definition) is 0. The molecule has 0 bridgehead atoms. The van der Waals surface area contributed by atoms with E-state index in [2.05, 4.69) is 0 Å². The van der Waals surface area contributed by atoms with Crippen LogP contribution in [0.5, 0.6) is 11.5 Å². The number of nitrogens with zero attached hydrogens (tertiary/aromatic N) is 1. The van der Waals surface area contributed by atoms with Crippen LogP contribution in [-0.2, 0) is 4.79 Å². The first kappa shape index (κ1) is 13.5. The molecule has 1 atom stereocenters. The van der Waals surface area contributed by atoms with Crippen LogP contribution >= 0.6 is 0 Å². The van der Waals surface area contributed by atoms with Crippen molar-refractivity contribution in [2.45, 2.75) is 12.5 Å². The van der Waals surface area contributed by atoms with Crippen LogP contribution in [0, 0.1) is 0 Å². The molecule has 0 N–H and O–H groups in total. The van der Waals surface area contributed by atoms with Gasteiger partial charge in [-0.05, 0) is 42.0 Å². The fourth-order valence-electron chi connectivity index (χ4n) is 2.58. The Morgan fingerprint density at radius 2 is 1.43 bits per heavy atom. The minimum Gasteiger partial charge on any atom is -0.497 e. The molecule has 108 valence electrons. The molecule has 1 heterocycles. The molecule has 1 fully saturated rings. The number of ether oxygens (including phenoxy) is 2. The standard InChI is InChI=1S/C17H17NO3/c1-20-14-7-3-12(4-8-14)16-11-17(19)18(16)13-5-9-15(21-2)10-6-13/h3-10,16H,11H2,1-2H3/t16-/m0/s1. The van der Waals surface area contributed by atoms with Crippen LogP contribution < -0.4 is 14.4 Å². The first-order valence-corrected chi connectivity index (χ1v) is 6.83. The van der Waals surface area contributed by atoms with Crippen LogP contribution in [0.2, 0.25) is 0 Å². The smallest absolute Gasteiger partial charge is 0.230 e. The molecule has 1 amide bonds. The van der Waals surface area contributed by atoms with Gasteiger partial charge in [0.05, 0.1) is 26.7 Å². The van der Waals surface area contributed by atoms with Crippen LogP contribution in [0.1, 0.15) is 18.0 Å². The topological polar surface area (TPSA) is 38.8 Å². The summed E-state index contributed by atoms with van der Waals surface area (Å²) in [5.41, 5.74) is 2.01. The molecule has 0 aliphatic carbocycles. The van der Waals surface area contributed by atoms with E-state index in [-0.39, 0.29) is 11.9 Å². The fourth-order valence-corrected chi connectivity index (χ4v) is 2.58. The normalized spacial score (nSPS) is 17.3. The van der Waals surface area contributed by atoms with Gasteiger partial charge in [-0.15, -0.1) is 0 Å². The van der Waals surface area contributed by atoms with Gasteiger partial charge in [-0.1, -0.05) is 12.1 Å². The SMILES string of the molecule is COc1ccc([C@@H]2CC(=O)N2c2ccc(OC)cc2)cc1. The molecule has 1 aliphatic heterocycles. The molecule has 0 saturated carbocycles. The molecule has 21 heavy (non-hydrogen) atoms. The molecular weight excluding hydrogens is 266 g/mol. The van der Waals surface area contributed by atoms with Crippen molar-refractivity contribution in [1.29, 1.82) is 0 Å². The fraction of sp³-hybridized carbons (Fsp3) is 0.235. The van der Waals surface area contributed by atoms with Crippen LogP contribution in [0.3, 0.4) is 0 Å². The third-order valence-corrected chi connectivity index (χ3v) is 3.80. The zero-order chi connectivity index (χ0) is 14.8. The van der Waals surface area contributed by atoms with Crippen LogP contribution in [-0.4, -0.2) is 20.1 Å². The summed E-state index contributed by atoms with van der Waals surface area (Å²) in [6, 6.07) is 15.5. The van der Waals surface area contributed by atoms with E-state index in [0.29, 0.717) is 6.42 Å². The largest absolute Gasteiger partial charge is 0.497 e. The summed E-state index contributed by atoms with van der Waals surface area (Å²) in [5, 5.41) is 0. The van der Waals surface area contributed by atoms with E-state index in [4.69, 9.17) is 9.47 Å². The zero-order valence-corrected chi connectivity index (χ0v) is 12.1. The van der Waals surface area contributed by atoms with Crippen LogP contribution in [0.25, 0.3) is 0 Å². The van der Waals surface area contributed by atoms with Crippen molar-refractivity contribution in [1.82, 2.24) is 0 Å². The highest BCUT2D eigenvalue weighted by atomic mass is 16.5. The predicted molar refractivity (Wildman–Crippen MR) is 80.8 cm³/mol. The Morgan fingerprint density at radius 1 is 0.905 bits per heavy atom. The number of amides is 1. The minimum absolute atomic E-state index is 0.0943. The lowest BCUT2D eigenvalue weighted by atomic mass is 9.93. The number of carbonyl (C=O) groups is 1. The third kappa shape index (κ3) is 2.44. The lowest BCUT2D eigenvalue weighted by Crippen LogP contribution is -2.46. The molecule has 2 aromatic rings. The molecule has 4 heteroatoms. The Bertz CT molecular complexity index is 634. The lowest BCUT2D eigenvalue weighted by molar-refractivity contribution is -0.124. The summed E-state index contributed by atoms with van der Waals surface area (Å²) >= 11 is 0. The number of β-lactam (4-membered cyclic amide) rings is 1. The van der Waals surface area contributed by atoms with Crippen molar-refractivity contribution in [3.63, 3.8) is 0 Å². The molecule has 0 unspecified atom stereocenters.